The summed E-state index contributed by atoms with van der Waals surface area (Å²) >= 11 is 0. The van der Waals surface area contributed by atoms with Gasteiger partial charge in [-0.3, -0.25) is 0 Å². The number of fused-ring (bicyclic) bond motifs is 3. The highest BCUT2D eigenvalue weighted by Gasteiger charge is 2.24. The smallest absolute Gasteiger partial charge is 0.164 e. The summed E-state index contributed by atoms with van der Waals surface area (Å²) in [5.41, 5.74) is 9.58. The van der Waals surface area contributed by atoms with E-state index in [1.54, 1.807) is 0 Å². The first-order chi connectivity index (χ1) is 12.7. The van der Waals surface area contributed by atoms with Gasteiger partial charge >= 0.3 is 0 Å². The summed E-state index contributed by atoms with van der Waals surface area (Å²) in [4.78, 5) is 5.14. The highest BCUT2D eigenvalue weighted by atomic mass is 15.3. The van der Waals surface area contributed by atoms with Gasteiger partial charge in [-0.15, -0.1) is 0 Å². The predicted molar refractivity (Wildman–Crippen MR) is 106 cm³/mol. The average molecular weight is 339 g/mol. The van der Waals surface area contributed by atoms with Crippen LogP contribution in [0.4, 0.5) is 0 Å². The lowest BCUT2D eigenvalue weighted by molar-refractivity contribution is 0.876. The van der Waals surface area contributed by atoms with Crippen LogP contribution in [0.2, 0.25) is 0 Å². The Labute approximate surface area is 153 Å². The molecule has 5 rings (SSSR count). The molecule has 2 aromatic heterocycles. The Morgan fingerprint density at radius 2 is 1.58 bits per heavy atom. The standard InChI is InChI=1S/C23H21N3/c1-15-11-13-17(14-12-15)22-20-10-6-9-19(20)21-16(2)25-26(23(21)24-22)18-7-4-3-5-8-18/h3-5,7-8,11-14H,6,9-10H2,1-2H3. The number of aromatic nitrogens is 3. The lowest BCUT2D eigenvalue weighted by atomic mass is 9.99. The SMILES string of the molecule is Cc1ccc(-c2nc3c(c(C)nn3-c3ccccc3)c3c2CCC3)cc1. The largest absolute Gasteiger partial charge is 0.228 e. The molecule has 26 heavy (non-hydrogen) atoms. The van der Waals surface area contributed by atoms with Crippen molar-refractivity contribution in [1.29, 1.82) is 0 Å². The van der Waals surface area contributed by atoms with E-state index in [0.717, 1.165) is 35.6 Å². The van der Waals surface area contributed by atoms with E-state index in [9.17, 15) is 0 Å². The molecule has 0 saturated carbocycles. The van der Waals surface area contributed by atoms with Crippen molar-refractivity contribution in [3.05, 3.63) is 77.0 Å². The van der Waals surface area contributed by atoms with E-state index in [1.165, 1.54) is 34.1 Å². The van der Waals surface area contributed by atoms with Crippen LogP contribution >= 0.6 is 0 Å². The quantitative estimate of drug-likeness (QED) is 0.503. The van der Waals surface area contributed by atoms with Gasteiger partial charge < -0.3 is 0 Å². The van der Waals surface area contributed by atoms with Gasteiger partial charge in [0.15, 0.2) is 5.65 Å². The maximum absolute atomic E-state index is 5.14. The van der Waals surface area contributed by atoms with Gasteiger partial charge in [-0.1, -0.05) is 48.0 Å². The Balaban J connectivity index is 1.83. The molecule has 1 aliphatic rings. The third-order valence-electron chi connectivity index (χ3n) is 5.38. The molecule has 4 aromatic rings. The summed E-state index contributed by atoms with van der Waals surface area (Å²) in [6.45, 7) is 4.23. The van der Waals surface area contributed by atoms with Gasteiger partial charge in [0.1, 0.15) is 0 Å². The highest BCUT2D eigenvalue weighted by Crippen LogP contribution is 2.37. The van der Waals surface area contributed by atoms with Crippen LogP contribution in [-0.2, 0) is 12.8 Å². The highest BCUT2D eigenvalue weighted by molar-refractivity contribution is 5.89. The summed E-state index contributed by atoms with van der Waals surface area (Å²) in [5.74, 6) is 0. The fourth-order valence-electron chi connectivity index (χ4n) is 4.13. The number of benzene rings is 2. The van der Waals surface area contributed by atoms with Gasteiger partial charge in [-0.25, -0.2) is 9.67 Å². The molecule has 0 atom stereocenters. The third-order valence-corrected chi connectivity index (χ3v) is 5.38. The van der Waals surface area contributed by atoms with Crippen molar-refractivity contribution in [2.75, 3.05) is 0 Å². The molecular weight excluding hydrogens is 318 g/mol. The van der Waals surface area contributed by atoms with Crippen LogP contribution < -0.4 is 0 Å². The molecule has 0 bridgehead atoms. The van der Waals surface area contributed by atoms with Gasteiger partial charge in [-0.05, 0) is 56.4 Å². The Morgan fingerprint density at radius 3 is 2.35 bits per heavy atom. The topological polar surface area (TPSA) is 30.7 Å². The Bertz CT molecular complexity index is 1110. The van der Waals surface area contributed by atoms with Crippen LogP contribution in [0.25, 0.3) is 28.0 Å². The summed E-state index contributed by atoms with van der Waals surface area (Å²) < 4.78 is 2.00. The number of aryl methyl sites for hydroxylation is 3. The van der Waals surface area contributed by atoms with E-state index < -0.39 is 0 Å². The van der Waals surface area contributed by atoms with Crippen LogP contribution in [-0.4, -0.2) is 14.8 Å². The minimum atomic E-state index is 0.977. The van der Waals surface area contributed by atoms with Crippen LogP contribution in [0.15, 0.2) is 54.6 Å². The molecule has 1 aliphatic carbocycles. The monoisotopic (exact) mass is 339 g/mol. The van der Waals surface area contributed by atoms with Crippen LogP contribution in [0.3, 0.4) is 0 Å². The van der Waals surface area contributed by atoms with E-state index >= 15 is 0 Å². The second-order valence-corrected chi connectivity index (χ2v) is 7.17. The molecule has 0 fully saturated rings. The zero-order valence-corrected chi connectivity index (χ0v) is 15.2. The first-order valence-corrected chi connectivity index (χ1v) is 9.26. The van der Waals surface area contributed by atoms with Gasteiger partial charge in [-0.2, -0.15) is 5.10 Å². The third kappa shape index (κ3) is 2.27. The molecule has 3 nitrogen and oxygen atoms in total. The fourth-order valence-corrected chi connectivity index (χ4v) is 4.13. The maximum Gasteiger partial charge on any atom is 0.164 e. The van der Waals surface area contributed by atoms with Crippen molar-refractivity contribution in [2.24, 2.45) is 0 Å². The second kappa shape index (κ2) is 5.80. The molecule has 2 heterocycles. The number of nitrogens with zero attached hydrogens (tertiary/aromatic N) is 3. The van der Waals surface area contributed by atoms with Crippen molar-refractivity contribution in [1.82, 2.24) is 14.8 Å². The van der Waals surface area contributed by atoms with Gasteiger partial charge in [0, 0.05) is 10.9 Å². The molecule has 0 radical (unpaired) electrons. The minimum absolute atomic E-state index is 0.977. The van der Waals surface area contributed by atoms with E-state index in [4.69, 9.17) is 10.1 Å². The molecule has 0 spiro atoms. The molecule has 0 N–H and O–H groups in total. The van der Waals surface area contributed by atoms with Crippen molar-refractivity contribution in [3.63, 3.8) is 0 Å². The van der Waals surface area contributed by atoms with E-state index in [-0.39, 0.29) is 0 Å². The van der Waals surface area contributed by atoms with Crippen molar-refractivity contribution in [2.45, 2.75) is 33.1 Å². The molecule has 0 amide bonds. The average Bonchev–Trinajstić information content (AvgIpc) is 3.27. The zero-order valence-electron chi connectivity index (χ0n) is 15.2. The summed E-state index contributed by atoms with van der Waals surface area (Å²) in [5, 5.41) is 6.09. The molecule has 128 valence electrons. The van der Waals surface area contributed by atoms with E-state index in [1.807, 2.05) is 22.9 Å². The Morgan fingerprint density at radius 1 is 0.846 bits per heavy atom. The Kier molecular flexibility index (Phi) is 3.42. The number of para-hydroxylation sites is 1. The van der Waals surface area contributed by atoms with Crippen LogP contribution in [0.1, 0.15) is 28.8 Å². The molecule has 3 heteroatoms. The van der Waals surface area contributed by atoms with E-state index in [0.29, 0.717) is 0 Å². The fraction of sp³-hybridized carbons (Fsp3) is 0.217. The summed E-state index contributed by atoms with van der Waals surface area (Å²) in [6.07, 6.45) is 3.43. The molecule has 0 unspecified atom stereocenters. The van der Waals surface area contributed by atoms with Gasteiger partial charge in [0.25, 0.3) is 0 Å². The van der Waals surface area contributed by atoms with Crippen molar-refractivity contribution >= 4 is 11.0 Å². The first kappa shape index (κ1) is 15.3. The zero-order chi connectivity index (χ0) is 17.7. The maximum atomic E-state index is 5.14. The summed E-state index contributed by atoms with van der Waals surface area (Å²) in [7, 11) is 0. The van der Waals surface area contributed by atoms with Crippen LogP contribution in [0.5, 0.6) is 0 Å². The normalized spacial score (nSPS) is 13.3. The number of hydrogen-bond donors (Lipinski definition) is 0. The van der Waals surface area contributed by atoms with Crippen molar-refractivity contribution in [3.8, 4) is 16.9 Å². The molecule has 0 aliphatic heterocycles. The van der Waals surface area contributed by atoms with Crippen molar-refractivity contribution < 1.29 is 0 Å². The second-order valence-electron chi connectivity index (χ2n) is 7.17. The molecule has 2 aromatic carbocycles. The Hall–Kier alpha value is -2.94. The summed E-state index contributed by atoms with van der Waals surface area (Å²) in [6, 6.07) is 19.0. The first-order valence-electron chi connectivity index (χ1n) is 9.26. The number of rotatable bonds is 2. The molecule has 0 saturated heterocycles. The lowest BCUT2D eigenvalue weighted by Gasteiger charge is -2.11. The van der Waals surface area contributed by atoms with Gasteiger partial charge in [0.2, 0.25) is 0 Å². The van der Waals surface area contributed by atoms with Gasteiger partial charge in [0.05, 0.1) is 17.1 Å². The lowest BCUT2D eigenvalue weighted by Crippen LogP contribution is -2.00. The minimum Gasteiger partial charge on any atom is -0.228 e. The number of hydrogen-bond acceptors (Lipinski definition) is 2. The number of pyridine rings is 1. The predicted octanol–water partition coefficient (Wildman–Crippen LogP) is 5.19. The molecular formula is C23H21N3. The van der Waals surface area contributed by atoms with E-state index in [2.05, 4.69) is 50.2 Å². The van der Waals surface area contributed by atoms with Crippen LogP contribution in [0, 0.1) is 13.8 Å².